The van der Waals surface area contributed by atoms with Crippen LogP contribution in [0, 0.1) is 12.8 Å². The first kappa shape index (κ1) is 15.8. The van der Waals surface area contributed by atoms with Crippen LogP contribution in [-0.2, 0) is 13.1 Å². The molecule has 1 aromatic heterocycles. The van der Waals surface area contributed by atoms with Gasteiger partial charge in [-0.2, -0.15) is 0 Å². The maximum Gasteiger partial charge on any atom is 0.0486 e. The Morgan fingerprint density at radius 3 is 2.48 bits per heavy atom. The van der Waals surface area contributed by atoms with E-state index < -0.39 is 0 Å². The number of aryl methyl sites for hydroxylation is 1. The molecule has 1 N–H and O–H groups in total. The first-order valence-corrected chi connectivity index (χ1v) is 8.46. The summed E-state index contributed by atoms with van der Waals surface area (Å²) in [5, 5.41) is 4.92. The SMILES string of the molecule is Cc1ccc(Cn2cc(CNCC(C)C)c3ccccc32)cc1. The second kappa shape index (κ2) is 7.01. The number of rotatable bonds is 6. The summed E-state index contributed by atoms with van der Waals surface area (Å²) < 4.78 is 2.37. The third-order valence-corrected chi connectivity index (χ3v) is 4.21. The number of hydrogen-bond donors (Lipinski definition) is 1. The molecular formula is C21H26N2. The molecule has 2 aromatic carbocycles. The Bertz CT molecular complexity index is 766. The van der Waals surface area contributed by atoms with Crippen molar-refractivity contribution in [3.05, 3.63) is 71.4 Å². The molecule has 1 heterocycles. The molecule has 0 unspecified atom stereocenters. The monoisotopic (exact) mass is 306 g/mol. The van der Waals surface area contributed by atoms with Crippen LogP contribution in [0.25, 0.3) is 10.9 Å². The van der Waals surface area contributed by atoms with E-state index in [4.69, 9.17) is 0 Å². The van der Waals surface area contributed by atoms with Crippen LogP contribution in [0.2, 0.25) is 0 Å². The number of fused-ring (bicyclic) bond motifs is 1. The fourth-order valence-corrected chi connectivity index (χ4v) is 2.98. The van der Waals surface area contributed by atoms with Gasteiger partial charge in [-0.15, -0.1) is 0 Å². The molecule has 0 aliphatic heterocycles. The number of aromatic nitrogens is 1. The molecule has 3 rings (SSSR count). The minimum Gasteiger partial charge on any atom is -0.343 e. The number of nitrogens with zero attached hydrogens (tertiary/aromatic N) is 1. The molecule has 120 valence electrons. The maximum atomic E-state index is 3.56. The molecule has 0 radical (unpaired) electrons. The Morgan fingerprint density at radius 2 is 1.74 bits per heavy atom. The van der Waals surface area contributed by atoms with Gasteiger partial charge in [-0.1, -0.05) is 61.9 Å². The third-order valence-electron chi connectivity index (χ3n) is 4.21. The molecule has 2 heteroatoms. The van der Waals surface area contributed by atoms with Crippen LogP contribution in [-0.4, -0.2) is 11.1 Å². The quantitative estimate of drug-likeness (QED) is 0.696. The van der Waals surface area contributed by atoms with E-state index in [1.165, 1.54) is 27.6 Å². The molecule has 3 aromatic rings. The van der Waals surface area contributed by atoms with Gasteiger partial charge in [0.25, 0.3) is 0 Å². The van der Waals surface area contributed by atoms with Crippen molar-refractivity contribution < 1.29 is 0 Å². The van der Waals surface area contributed by atoms with Gasteiger partial charge in [-0.3, -0.25) is 0 Å². The fraction of sp³-hybridized carbons (Fsp3) is 0.333. The van der Waals surface area contributed by atoms with Crippen LogP contribution in [0.1, 0.15) is 30.5 Å². The lowest BCUT2D eigenvalue weighted by Gasteiger charge is -2.06. The summed E-state index contributed by atoms with van der Waals surface area (Å²) in [7, 11) is 0. The standard InChI is InChI=1S/C21H26N2/c1-16(2)12-22-13-19-15-23(21-7-5-4-6-20(19)21)14-18-10-8-17(3)9-11-18/h4-11,15-16,22H,12-14H2,1-3H3. The fourth-order valence-electron chi connectivity index (χ4n) is 2.98. The lowest BCUT2D eigenvalue weighted by Crippen LogP contribution is -2.18. The third kappa shape index (κ3) is 3.83. The van der Waals surface area contributed by atoms with Gasteiger partial charge in [0.05, 0.1) is 0 Å². The van der Waals surface area contributed by atoms with Gasteiger partial charge < -0.3 is 9.88 Å². The van der Waals surface area contributed by atoms with Crippen molar-refractivity contribution in [1.29, 1.82) is 0 Å². The molecule has 0 fully saturated rings. The highest BCUT2D eigenvalue weighted by Gasteiger charge is 2.08. The van der Waals surface area contributed by atoms with Crippen molar-refractivity contribution in [2.75, 3.05) is 6.54 Å². The molecule has 0 aliphatic rings. The Hall–Kier alpha value is -2.06. The molecule has 0 aliphatic carbocycles. The molecule has 0 spiro atoms. The summed E-state index contributed by atoms with van der Waals surface area (Å²) in [6.07, 6.45) is 2.30. The largest absolute Gasteiger partial charge is 0.343 e. The Balaban J connectivity index is 1.86. The van der Waals surface area contributed by atoms with Gasteiger partial charge in [-0.25, -0.2) is 0 Å². The minimum absolute atomic E-state index is 0.677. The predicted molar refractivity (Wildman–Crippen MR) is 98.8 cm³/mol. The van der Waals surface area contributed by atoms with E-state index in [2.05, 4.69) is 85.4 Å². The Morgan fingerprint density at radius 1 is 1.00 bits per heavy atom. The molecule has 2 nitrogen and oxygen atoms in total. The number of benzene rings is 2. The van der Waals surface area contributed by atoms with E-state index >= 15 is 0 Å². The van der Waals surface area contributed by atoms with Crippen molar-refractivity contribution in [1.82, 2.24) is 9.88 Å². The van der Waals surface area contributed by atoms with E-state index in [0.717, 1.165) is 19.6 Å². The average molecular weight is 306 g/mol. The van der Waals surface area contributed by atoms with Crippen molar-refractivity contribution >= 4 is 10.9 Å². The highest BCUT2D eigenvalue weighted by atomic mass is 15.0. The molecule has 0 atom stereocenters. The Kier molecular flexibility index (Phi) is 4.82. The lowest BCUT2D eigenvalue weighted by atomic mass is 10.1. The van der Waals surface area contributed by atoms with Crippen molar-refractivity contribution in [3.8, 4) is 0 Å². The molecule has 0 amide bonds. The first-order chi connectivity index (χ1) is 11.1. The van der Waals surface area contributed by atoms with Gasteiger partial charge >= 0.3 is 0 Å². The summed E-state index contributed by atoms with van der Waals surface area (Å²) in [6, 6.07) is 17.5. The van der Waals surface area contributed by atoms with Crippen molar-refractivity contribution in [2.24, 2.45) is 5.92 Å². The van der Waals surface area contributed by atoms with E-state index in [1.807, 2.05) is 0 Å². The van der Waals surface area contributed by atoms with Crippen molar-refractivity contribution in [2.45, 2.75) is 33.9 Å². The summed E-state index contributed by atoms with van der Waals surface area (Å²) >= 11 is 0. The minimum atomic E-state index is 0.677. The summed E-state index contributed by atoms with van der Waals surface area (Å²) in [5.41, 5.74) is 5.35. The van der Waals surface area contributed by atoms with Crippen LogP contribution in [0.5, 0.6) is 0 Å². The lowest BCUT2D eigenvalue weighted by molar-refractivity contribution is 0.553. The van der Waals surface area contributed by atoms with Gasteiger partial charge in [-0.05, 0) is 36.6 Å². The van der Waals surface area contributed by atoms with Gasteiger partial charge in [0.2, 0.25) is 0 Å². The van der Waals surface area contributed by atoms with E-state index in [1.54, 1.807) is 0 Å². The molecular weight excluding hydrogens is 280 g/mol. The van der Waals surface area contributed by atoms with Gasteiger partial charge in [0.1, 0.15) is 0 Å². The van der Waals surface area contributed by atoms with Crippen LogP contribution in [0.4, 0.5) is 0 Å². The zero-order chi connectivity index (χ0) is 16.2. The maximum absolute atomic E-state index is 3.56. The second-order valence-electron chi connectivity index (χ2n) is 6.81. The van der Waals surface area contributed by atoms with Crippen LogP contribution in [0.3, 0.4) is 0 Å². The van der Waals surface area contributed by atoms with Crippen LogP contribution in [0.15, 0.2) is 54.7 Å². The zero-order valence-corrected chi connectivity index (χ0v) is 14.3. The molecule has 0 bridgehead atoms. The normalized spacial score (nSPS) is 11.5. The topological polar surface area (TPSA) is 17.0 Å². The van der Waals surface area contributed by atoms with Gasteiger partial charge in [0, 0.05) is 30.2 Å². The first-order valence-electron chi connectivity index (χ1n) is 8.46. The number of hydrogen-bond acceptors (Lipinski definition) is 1. The predicted octanol–water partition coefficient (Wildman–Crippen LogP) is 4.74. The van der Waals surface area contributed by atoms with Gasteiger partial charge in [0.15, 0.2) is 0 Å². The van der Waals surface area contributed by atoms with E-state index in [9.17, 15) is 0 Å². The van der Waals surface area contributed by atoms with E-state index in [-0.39, 0.29) is 0 Å². The highest BCUT2D eigenvalue weighted by Crippen LogP contribution is 2.22. The zero-order valence-electron chi connectivity index (χ0n) is 14.3. The summed E-state index contributed by atoms with van der Waals surface area (Å²) in [6.45, 7) is 9.52. The smallest absolute Gasteiger partial charge is 0.0486 e. The Labute approximate surface area is 139 Å². The molecule has 0 saturated heterocycles. The summed E-state index contributed by atoms with van der Waals surface area (Å²) in [4.78, 5) is 0. The van der Waals surface area contributed by atoms with Crippen LogP contribution >= 0.6 is 0 Å². The van der Waals surface area contributed by atoms with Crippen molar-refractivity contribution in [3.63, 3.8) is 0 Å². The molecule has 0 saturated carbocycles. The van der Waals surface area contributed by atoms with E-state index in [0.29, 0.717) is 5.92 Å². The average Bonchev–Trinajstić information content (AvgIpc) is 2.88. The highest BCUT2D eigenvalue weighted by molar-refractivity contribution is 5.84. The number of para-hydroxylation sites is 1. The second-order valence-corrected chi connectivity index (χ2v) is 6.81. The molecule has 23 heavy (non-hydrogen) atoms. The summed E-state index contributed by atoms with van der Waals surface area (Å²) in [5.74, 6) is 0.677. The number of nitrogens with one attached hydrogen (secondary N) is 1. The van der Waals surface area contributed by atoms with Crippen LogP contribution < -0.4 is 5.32 Å².